The Morgan fingerprint density at radius 2 is 0.718 bits per heavy atom. The number of benzene rings is 10. The van der Waals surface area contributed by atoms with Crippen LogP contribution in [0.15, 0.2) is 213 Å². The van der Waals surface area contributed by atoms with E-state index in [0.29, 0.717) is 49.6 Å². The van der Waals surface area contributed by atoms with E-state index >= 15 is 0 Å². The fourth-order valence-corrected chi connectivity index (χ4v) is 14.7. The summed E-state index contributed by atoms with van der Waals surface area (Å²) in [6.45, 7) is 1.55. The maximum atomic E-state index is 13.2. The standard InChI is InChI=1S/C20H10F5N5O6.C19H10Cl2F2N6O4.C19H12F2N4O4.C16H8F5N3O4.C15H9F2N3O3/c21-19(22,23)34-11-4-2-1-3-8(11)15(31)30-18-26-7-14(33-18)16(32)29-17-27-9-5-12-13(6-10(9)28-17)36-20(24,25)35-12;20-7-1-2-8(9(21)3-7)15(30)28-17-24-6-12(27-17)16(31)29-18-25-10-4-13-14(5-11(10)26-18)33-19(22,23)32-13;1-9-15(16(25-29-9)10-5-3-2-4-6-10)17(26)24-18-22-11-7-13-14(8-12(11)23-18)28-19(20,21)27-13;17-15(18,19)26-10-4-2-1-3-7(10)13(25)24-14-22-8-5-11-12(6-9(8)23-14)28-16(20,21)27-11;16-15(17)22-11-6-9-10(7-12(11)23-15)19-14(18-9)20-13(21)8-4-2-1-3-5-8/h1-7H,(H,26,30,31)(H2,27,28,29,32);1-5H,6H2,(H,24,28,30)(H2,25,26,29,31);2-8H,1H3,(H2,22,23,24,26);1-6H,(H2,22,23,24,25);1-7H,(H2,18,19,20,21). The third-order valence-corrected chi connectivity index (χ3v) is 20.9. The van der Waals surface area contributed by atoms with E-state index in [-0.39, 0.29) is 166 Å². The summed E-state index contributed by atoms with van der Waals surface area (Å²) in [5, 5.41) is 21.5. The van der Waals surface area contributed by atoms with Gasteiger partial charge < -0.3 is 90.7 Å². The van der Waals surface area contributed by atoms with Crippen molar-refractivity contribution in [3.05, 3.63) is 244 Å². The molecule has 0 atom stereocenters. The zero-order valence-electron chi connectivity index (χ0n) is 73.1. The molecule has 0 unspecified atom stereocenters. The summed E-state index contributed by atoms with van der Waals surface area (Å²) in [7, 11) is 0. The Labute approximate surface area is 822 Å². The average molecular weight is 2120 g/mol. The highest BCUT2D eigenvalue weighted by Crippen LogP contribution is 2.49. The maximum Gasteiger partial charge on any atom is 0.586 e. The lowest BCUT2D eigenvalue weighted by Gasteiger charge is -2.12. The average Bonchev–Trinajstić information content (AvgIpc) is 1.59. The Morgan fingerprint density at radius 1 is 0.376 bits per heavy atom. The van der Waals surface area contributed by atoms with Crippen LogP contribution in [0.2, 0.25) is 10.0 Å². The Morgan fingerprint density at radius 3 is 1.11 bits per heavy atom. The first-order valence-electron chi connectivity index (χ1n) is 41.6. The number of aliphatic imine (C=N–C) groups is 2. The van der Waals surface area contributed by atoms with Crippen LogP contribution in [-0.2, 0) is 4.79 Å². The van der Waals surface area contributed by atoms with Gasteiger partial charge in [0.05, 0.1) is 89.6 Å². The highest BCUT2D eigenvalue weighted by molar-refractivity contribution is 6.46. The van der Waals surface area contributed by atoms with E-state index in [1.807, 2.05) is 30.3 Å². The molecule has 0 spiro atoms. The van der Waals surface area contributed by atoms with Crippen LogP contribution in [0.1, 0.15) is 68.1 Å². The van der Waals surface area contributed by atoms with Crippen molar-refractivity contribution in [1.82, 2.24) is 65.3 Å². The number of carbonyl (C=O) groups is 7. The monoisotopic (exact) mass is 2120 g/mol. The highest BCUT2D eigenvalue weighted by atomic mass is 35.5. The summed E-state index contributed by atoms with van der Waals surface area (Å²) >= 11 is 11.8. The lowest BCUT2D eigenvalue weighted by atomic mass is 10.1. The quantitative estimate of drug-likeness (QED) is 0.0400. The summed E-state index contributed by atoms with van der Waals surface area (Å²) < 4.78 is 268. The number of imidazole rings is 5. The highest BCUT2D eigenvalue weighted by Gasteiger charge is 2.49. The van der Waals surface area contributed by atoms with Gasteiger partial charge >= 0.3 is 50.2 Å². The third-order valence-electron chi connectivity index (χ3n) is 20.3. The van der Waals surface area contributed by atoms with Gasteiger partial charge in [-0.2, -0.15) is 0 Å². The number of halogens is 18. The lowest BCUT2D eigenvalue weighted by Crippen LogP contribution is -2.29. The number of oxazole rings is 1. The van der Waals surface area contributed by atoms with Crippen molar-refractivity contribution in [2.75, 3.05) is 38.4 Å². The van der Waals surface area contributed by atoms with Crippen molar-refractivity contribution in [3.63, 3.8) is 0 Å². The molecule has 10 aromatic carbocycles. The smallest absolute Gasteiger partial charge is 0.418 e. The number of H-pyrrole nitrogens is 5. The molecule has 762 valence electrons. The van der Waals surface area contributed by atoms with Gasteiger partial charge in [-0.3, -0.25) is 70.8 Å². The van der Waals surface area contributed by atoms with Gasteiger partial charge in [0.25, 0.3) is 41.4 Å². The van der Waals surface area contributed by atoms with Gasteiger partial charge in [-0.05, 0) is 61.5 Å². The van der Waals surface area contributed by atoms with Gasteiger partial charge in [0.15, 0.2) is 57.5 Å². The van der Waals surface area contributed by atoms with Crippen LogP contribution in [0, 0.1) is 6.92 Å². The molecule has 17 aromatic rings. The van der Waals surface area contributed by atoms with Crippen LogP contribution in [0.4, 0.5) is 106 Å². The van der Waals surface area contributed by atoms with Gasteiger partial charge in [-0.15, -0.1) is 70.2 Å². The number of fused-ring (bicyclic) bond motifs is 10. The molecule has 0 saturated heterocycles. The van der Waals surface area contributed by atoms with Gasteiger partial charge in [-0.25, -0.2) is 39.9 Å². The number of aromatic amines is 5. The number of aryl methyl sites for hydroxylation is 1. The summed E-state index contributed by atoms with van der Waals surface area (Å²) in [5.74, 6) is -7.97. The molecule has 13 heterocycles. The third kappa shape index (κ3) is 22.5. The number of rotatable bonds is 16. The van der Waals surface area contributed by atoms with E-state index in [9.17, 15) is 104 Å². The Balaban J connectivity index is 0.000000118. The second-order valence-corrected chi connectivity index (χ2v) is 31.5. The summed E-state index contributed by atoms with van der Waals surface area (Å²) in [4.78, 5) is 133. The summed E-state index contributed by atoms with van der Waals surface area (Å²) in [6, 6.07) is 43.5. The number of nitrogens with one attached hydrogen (secondary N) is 12. The molecule has 12 N–H and O–H groups in total. The number of hydrogen-bond acceptors (Lipinski definition) is 30. The number of para-hydroxylation sites is 2. The van der Waals surface area contributed by atoms with Gasteiger partial charge in [0.1, 0.15) is 34.2 Å². The number of amides is 7. The molecule has 0 fully saturated rings. The Kier molecular flexibility index (Phi) is 25.2. The fourth-order valence-electron chi connectivity index (χ4n) is 14.2. The number of nitrogens with zero attached hydrogens (tertiary/aromatic N) is 9. The molecule has 0 bridgehead atoms. The number of hydrogen-bond donors (Lipinski definition) is 12. The molecule has 0 saturated carbocycles. The summed E-state index contributed by atoms with van der Waals surface area (Å²) in [6.07, 6.45) is -27.8. The Hall–Kier alpha value is -19.3. The minimum absolute atomic E-state index is 0.0155. The van der Waals surface area contributed by atoms with Crippen molar-refractivity contribution >= 4 is 167 Å². The second-order valence-electron chi connectivity index (χ2n) is 30.7. The molecule has 0 radical (unpaired) electrons. The zero-order valence-corrected chi connectivity index (χ0v) is 74.6. The molecular weight excluding hydrogens is 2070 g/mol. The number of aromatic nitrogens is 12. The summed E-state index contributed by atoms with van der Waals surface area (Å²) in [5.41, 5.74) is 4.16. The first kappa shape index (κ1) is 98.4. The van der Waals surface area contributed by atoms with Crippen LogP contribution in [0.3, 0.4) is 0 Å². The predicted octanol–water partition coefficient (Wildman–Crippen LogP) is 18.9. The Bertz CT molecular complexity index is 8130. The van der Waals surface area contributed by atoms with Crippen molar-refractivity contribution in [2.24, 2.45) is 9.98 Å². The number of carbonyl (C=O) groups excluding carboxylic acids is 7. The predicted molar refractivity (Wildman–Crippen MR) is 479 cm³/mol. The molecule has 7 amide bonds. The van der Waals surface area contributed by atoms with E-state index in [0.717, 1.165) is 36.0 Å². The molecular formula is C89H49Cl2F16N21O21. The van der Waals surface area contributed by atoms with Crippen molar-refractivity contribution in [2.45, 2.75) is 51.1 Å². The largest absolute Gasteiger partial charge is 0.586 e. The fraction of sp³-hybridized carbons (Fsp3) is 0.101. The van der Waals surface area contributed by atoms with Crippen LogP contribution >= 0.6 is 23.2 Å². The normalized spacial score (nSPS) is 14.8. The van der Waals surface area contributed by atoms with E-state index in [4.69, 9.17) is 32.1 Å². The lowest BCUT2D eigenvalue weighted by molar-refractivity contribution is -0.287. The van der Waals surface area contributed by atoms with Gasteiger partial charge in [0, 0.05) is 76.8 Å². The van der Waals surface area contributed by atoms with Crippen molar-refractivity contribution in [1.29, 1.82) is 0 Å². The van der Waals surface area contributed by atoms with Gasteiger partial charge in [-0.1, -0.05) is 101 Å². The first-order valence-corrected chi connectivity index (χ1v) is 42.3. The van der Waals surface area contributed by atoms with E-state index in [2.05, 4.69) is 164 Å². The molecule has 42 nitrogen and oxygen atoms in total. The second kappa shape index (κ2) is 38.1. The van der Waals surface area contributed by atoms with Crippen LogP contribution in [-0.4, -0.2) is 164 Å². The van der Waals surface area contributed by atoms with Gasteiger partial charge in [0.2, 0.25) is 41.5 Å². The van der Waals surface area contributed by atoms with E-state index in [1.54, 1.807) is 37.3 Å². The van der Waals surface area contributed by atoms with Crippen LogP contribution in [0.25, 0.3) is 66.4 Å². The van der Waals surface area contributed by atoms with Crippen LogP contribution < -0.4 is 94.1 Å². The van der Waals surface area contributed by atoms with E-state index < -0.39 is 103 Å². The molecule has 7 aromatic heterocycles. The minimum atomic E-state index is -5.02. The molecule has 149 heavy (non-hydrogen) atoms. The molecule has 6 aliphatic heterocycles. The van der Waals surface area contributed by atoms with Crippen LogP contribution in [0.5, 0.6) is 69.0 Å². The van der Waals surface area contributed by atoms with E-state index in [1.165, 1.54) is 103 Å². The topological polar surface area (TPSA) is 535 Å². The maximum absolute atomic E-state index is 13.2. The minimum Gasteiger partial charge on any atom is -0.418 e. The molecule has 0 aliphatic carbocycles. The SMILES string of the molecule is Cc1onc(-c2ccccc2)c1C(=O)Nc1nc2cc3c(cc2[nH]1)OC(F)(F)O3.O=C(Nc1nc2cc3c(cc2[nH]1)OC(F)(F)O3)C1=NC(NC(=O)c2ccc(Cl)cc2Cl)=NC1.O=C(Nc1nc2cc3c(cc2[nH]1)OC(F)(F)O3)c1ccccc1.O=C(Nc1nc2cc3c(cc2[nH]1)OC(F)(F)O3)c1ccccc1OC(F)(F)F.O=C(Nc1nc2cc3c(cc2[nH]1)OC(F)(F)O3)c1cnc(NC(=O)c2ccccc2OC(F)(F)F)o1. The zero-order chi connectivity index (χ0) is 105. The number of guanidine groups is 1. The molecule has 6 aliphatic rings. The van der Waals surface area contributed by atoms with Crippen molar-refractivity contribution < 1.29 is 170 Å². The number of anilines is 6. The first-order chi connectivity index (χ1) is 70.6. The molecule has 23 rings (SSSR count). The molecule has 60 heteroatoms. The van der Waals surface area contributed by atoms with Crippen molar-refractivity contribution in [3.8, 4) is 80.3 Å². The number of alkyl halides is 16. The number of ether oxygens (including phenoxy) is 12.